The van der Waals surface area contributed by atoms with Crippen molar-refractivity contribution in [3.05, 3.63) is 54.7 Å². The molecule has 0 aliphatic carbocycles. The number of anilines is 1. The molecule has 1 N–H and O–H groups in total. The Morgan fingerprint density at radius 2 is 1.89 bits per heavy atom. The monoisotopic (exact) mass is 242 g/mol. The fourth-order valence-corrected chi connectivity index (χ4v) is 1.42. The Morgan fingerprint density at radius 1 is 1.17 bits per heavy atom. The zero-order chi connectivity index (χ0) is 12.8. The molecule has 1 aromatic carbocycles. The molecule has 4 nitrogen and oxygen atoms in total. The zero-order valence-corrected chi connectivity index (χ0v) is 10.0. The van der Waals surface area contributed by atoms with Gasteiger partial charge in [0, 0.05) is 6.20 Å². The van der Waals surface area contributed by atoms with E-state index in [1.807, 2.05) is 36.4 Å². The number of para-hydroxylation sites is 1. The van der Waals surface area contributed by atoms with Gasteiger partial charge in [0.15, 0.2) is 6.10 Å². The van der Waals surface area contributed by atoms with Crippen molar-refractivity contribution in [1.82, 2.24) is 4.98 Å². The molecule has 0 radical (unpaired) electrons. The van der Waals surface area contributed by atoms with Crippen LogP contribution in [0.25, 0.3) is 0 Å². The summed E-state index contributed by atoms with van der Waals surface area (Å²) in [5.74, 6) is 0.963. The number of nitrogens with one attached hydrogen (secondary N) is 1. The molecule has 1 heterocycles. The van der Waals surface area contributed by atoms with Gasteiger partial charge >= 0.3 is 0 Å². The van der Waals surface area contributed by atoms with Crippen LogP contribution >= 0.6 is 0 Å². The molecule has 0 fully saturated rings. The van der Waals surface area contributed by atoms with Crippen LogP contribution < -0.4 is 10.1 Å². The van der Waals surface area contributed by atoms with Crippen LogP contribution in [0, 0.1) is 0 Å². The number of rotatable bonds is 4. The van der Waals surface area contributed by atoms with E-state index in [9.17, 15) is 4.79 Å². The van der Waals surface area contributed by atoms with Crippen molar-refractivity contribution < 1.29 is 9.53 Å². The third kappa shape index (κ3) is 3.31. The molecule has 4 heteroatoms. The Morgan fingerprint density at radius 3 is 2.56 bits per heavy atom. The Kier molecular flexibility index (Phi) is 3.91. The normalized spacial score (nSPS) is 11.6. The van der Waals surface area contributed by atoms with Crippen LogP contribution in [0.3, 0.4) is 0 Å². The molecule has 1 aromatic heterocycles. The van der Waals surface area contributed by atoms with Gasteiger partial charge in [0.2, 0.25) is 0 Å². The van der Waals surface area contributed by atoms with E-state index in [-0.39, 0.29) is 5.91 Å². The number of carbonyl (C=O) groups is 1. The lowest BCUT2D eigenvalue weighted by molar-refractivity contribution is -0.122. The summed E-state index contributed by atoms with van der Waals surface area (Å²) in [4.78, 5) is 15.9. The highest BCUT2D eigenvalue weighted by Crippen LogP contribution is 2.11. The van der Waals surface area contributed by atoms with Crippen LogP contribution in [0.1, 0.15) is 6.92 Å². The number of carbonyl (C=O) groups excluding carboxylic acids is 1. The van der Waals surface area contributed by atoms with Crippen molar-refractivity contribution in [3.8, 4) is 5.75 Å². The SMILES string of the molecule is C[C@@H](Oc1ccccc1)C(=O)Nc1ccccn1. The highest BCUT2D eigenvalue weighted by Gasteiger charge is 2.14. The van der Waals surface area contributed by atoms with Gasteiger partial charge in [-0.3, -0.25) is 4.79 Å². The molecular formula is C14H14N2O2. The van der Waals surface area contributed by atoms with Gasteiger partial charge in [0.25, 0.3) is 5.91 Å². The second-order valence-electron chi connectivity index (χ2n) is 3.78. The van der Waals surface area contributed by atoms with E-state index in [2.05, 4.69) is 10.3 Å². The number of benzene rings is 1. The summed E-state index contributed by atoms with van der Waals surface area (Å²) in [5, 5.41) is 2.69. The standard InChI is InChI=1S/C14H14N2O2/c1-11(18-12-7-3-2-4-8-12)14(17)16-13-9-5-6-10-15-13/h2-11H,1H3,(H,15,16,17)/t11-/m1/s1. The van der Waals surface area contributed by atoms with Gasteiger partial charge in [-0.25, -0.2) is 4.98 Å². The van der Waals surface area contributed by atoms with E-state index in [0.717, 1.165) is 0 Å². The number of pyridine rings is 1. The lowest BCUT2D eigenvalue weighted by atomic mass is 10.3. The van der Waals surface area contributed by atoms with Crippen LogP contribution in [-0.2, 0) is 4.79 Å². The van der Waals surface area contributed by atoms with E-state index in [1.54, 1.807) is 25.3 Å². The fraction of sp³-hybridized carbons (Fsp3) is 0.143. The van der Waals surface area contributed by atoms with Gasteiger partial charge < -0.3 is 10.1 Å². The van der Waals surface area contributed by atoms with Crippen molar-refractivity contribution in [2.45, 2.75) is 13.0 Å². The van der Waals surface area contributed by atoms with Gasteiger partial charge in [0.05, 0.1) is 0 Å². The van der Waals surface area contributed by atoms with Crippen LogP contribution in [0.2, 0.25) is 0 Å². The van der Waals surface area contributed by atoms with Gasteiger partial charge in [-0.1, -0.05) is 24.3 Å². The Hall–Kier alpha value is -2.36. The largest absolute Gasteiger partial charge is 0.481 e. The second kappa shape index (κ2) is 5.82. The van der Waals surface area contributed by atoms with Crippen LogP contribution in [0.4, 0.5) is 5.82 Å². The van der Waals surface area contributed by atoms with E-state index < -0.39 is 6.10 Å². The zero-order valence-electron chi connectivity index (χ0n) is 10.0. The fourth-order valence-electron chi connectivity index (χ4n) is 1.42. The van der Waals surface area contributed by atoms with Crippen LogP contribution in [-0.4, -0.2) is 17.0 Å². The highest BCUT2D eigenvalue weighted by atomic mass is 16.5. The molecule has 0 unspecified atom stereocenters. The maximum atomic E-state index is 11.8. The molecular weight excluding hydrogens is 228 g/mol. The lowest BCUT2D eigenvalue weighted by Crippen LogP contribution is -2.30. The average molecular weight is 242 g/mol. The molecule has 0 bridgehead atoms. The van der Waals surface area contributed by atoms with Crippen molar-refractivity contribution in [2.24, 2.45) is 0 Å². The number of nitrogens with zero attached hydrogens (tertiary/aromatic N) is 1. The minimum absolute atomic E-state index is 0.224. The summed E-state index contributed by atoms with van der Waals surface area (Å²) in [5.41, 5.74) is 0. The molecule has 1 amide bonds. The molecule has 18 heavy (non-hydrogen) atoms. The first kappa shape index (κ1) is 12.1. The molecule has 0 saturated carbocycles. The average Bonchev–Trinajstić information content (AvgIpc) is 2.41. The van der Waals surface area contributed by atoms with Gasteiger partial charge in [-0.05, 0) is 31.2 Å². The smallest absolute Gasteiger partial charge is 0.266 e. The van der Waals surface area contributed by atoms with Crippen LogP contribution in [0.15, 0.2) is 54.7 Å². The third-order valence-corrected chi connectivity index (χ3v) is 2.34. The second-order valence-corrected chi connectivity index (χ2v) is 3.78. The molecule has 0 aliphatic rings. The van der Waals surface area contributed by atoms with Gasteiger partial charge in [0.1, 0.15) is 11.6 Å². The van der Waals surface area contributed by atoms with Crippen molar-refractivity contribution >= 4 is 11.7 Å². The number of ether oxygens (including phenoxy) is 1. The summed E-state index contributed by atoms with van der Waals surface area (Å²) in [6.45, 7) is 1.70. The Bertz CT molecular complexity index is 500. The summed E-state index contributed by atoms with van der Waals surface area (Å²) >= 11 is 0. The molecule has 0 spiro atoms. The summed E-state index contributed by atoms with van der Waals surface area (Å²) < 4.78 is 5.51. The number of amides is 1. The number of hydrogen-bond acceptors (Lipinski definition) is 3. The molecule has 0 aliphatic heterocycles. The van der Waals surface area contributed by atoms with Gasteiger partial charge in [-0.15, -0.1) is 0 Å². The Balaban J connectivity index is 1.93. The van der Waals surface area contributed by atoms with Crippen LogP contribution in [0.5, 0.6) is 5.75 Å². The van der Waals surface area contributed by atoms with Crippen molar-refractivity contribution in [1.29, 1.82) is 0 Å². The van der Waals surface area contributed by atoms with Crippen molar-refractivity contribution in [2.75, 3.05) is 5.32 Å². The molecule has 1 atom stereocenters. The first-order chi connectivity index (χ1) is 8.75. The quantitative estimate of drug-likeness (QED) is 0.896. The minimum atomic E-state index is -0.575. The molecule has 0 saturated heterocycles. The molecule has 92 valence electrons. The maximum absolute atomic E-state index is 11.8. The molecule has 2 rings (SSSR count). The summed E-state index contributed by atoms with van der Waals surface area (Å²) in [6, 6.07) is 14.6. The van der Waals surface area contributed by atoms with E-state index in [0.29, 0.717) is 11.6 Å². The van der Waals surface area contributed by atoms with Crippen molar-refractivity contribution in [3.63, 3.8) is 0 Å². The topological polar surface area (TPSA) is 51.2 Å². The van der Waals surface area contributed by atoms with Gasteiger partial charge in [-0.2, -0.15) is 0 Å². The van der Waals surface area contributed by atoms with E-state index >= 15 is 0 Å². The summed E-state index contributed by atoms with van der Waals surface area (Å²) in [6.07, 6.45) is 1.05. The third-order valence-electron chi connectivity index (χ3n) is 2.34. The predicted octanol–water partition coefficient (Wildman–Crippen LogP) is 2.49. The number of hydrogen-bond donors (Lipinski definition) is 1. The first-order valence-electron chi connectivity index (χ1n) is 5.69. The summed E-state index contributed by atoms with van der Waals surface area (Å²) in [7, 11) is 0. The Labute approximate surface area is 106 Å². The highest BCUT2D eigenvalue weighted by molar-refractivity contribution is 5.93. The maximum Gasteiger partial charge on any atom is 0.266 e. The minimum Gasteiger partial charge on any atom is -0.481 e. The molecule has 2 aromatic rings. The predicted molar refractivity (Wildman–Crippen MR) is 69.4 cm³/mol. The van der Waals surface area contributed by atoms with E-state index in [1.165, 1.54) is 0 Å². The first-order valence-corrected chi connectivity index (χ1v) is 5.69. The lowest BCUT2D eigenvalue weighted by Gasteiger charge is -2.14. The van der Waals surface area contributed by atoms with E-state index in [4.69, 9.17) is 4.74 Å². The number of aromatic nitrogens is 1.